The average Bonchev–Trinajstić information content (AvgIpc) is 3.79. The van der Waals surface area contributed by atoms with Crippen molar-refractivity contribution in [1.29, 1.82) is 0 Å². The third kappa shape index (κ3) is 5.90. The molecule has 3 aliphatic heterocycles. The summed E-state index contributed by atoms with van der Waals surface area (Å²) in [6.45, 7) is 3.89. The molecule has 0 spiro atoms. The van der Waals surface area contributed by atoms with Gasteiger partial charge in [-0.1, -0.05) is 18.2 Å². The number of aromatic nitrogens is 3. The number of fused-ring (bicyclic) bond motifs is 5. The minimum atomic E-state index is 0.0456. The number of aryl methyl sites for hydroxylation is 1. The molecule has 10 heteroatoms. The van der Waals surface area contributed by atoms with Gasteiger partial charge in [-0.05, 0) is 92.9 Å². The predicted molar refractivity (Wildman–Crippen MR) is 191 cm³/mol. The first-order chi connectivity index (χ1) is 23.8. The van der Waals surface area contributed by atoms with Gasteiger partial charge in [0.25, 0.3) is 5.91 Å². The van der Waals surface area contributed by atoms with Crippen molar-refractivity contribution in [2.45, 2.75) is 82.3 Å². The van der Waals surface area contributed by atoms with Crippen molar-refractivity contribution in [2.75, 3.05) is 40.5 Å². The second-order valence-corrected chi connectivity index (χ2v) is 15.0. The number of carbonyl (C=O) groups excluding carboxylic acids is 2. The minimum Gasteiger partial charge on any atom is -0.494 e. The molecular weight excluding hydrogens is 616 g/mol. The molecule has 2 N–H and O–H groups in total. The lowest BCUT2D eigenvalue weighted by Crippen LogP contribution is -2.58. The first-order valence-electron chi connectivity index (χ1n) is 18.3. The lowest BCUT2D eigenvalue weighted by Gasteiger charge is -2.48. The number of imidazole rings is 1. The van der Waals surface area contributed by atoms with Crippen LogP contribution in [0.15, 0.2) is 36.4 Å². The molecule has 2 aliphatic carbocycles. The normalized spacial score (nSPS) is 22.8. The molecule has 49 heavy (non-hydrogen) atoms. The largest absolute Gasteiger partial charge is 0.494 e. The van der Waals surface area contributed by atoms with Crippen LogP contribution in [0.1, 0.15) is 79.6 Å². The summed E-state index contributed by atoms with van der Waals surface area (Å²) in [6.07, 6.45) is 8.74. The van der Waals surface area contributed by atoms with Gasteiger partial charge in [0, 0.05) is 76.4 Å². The maximum absolute atomic E-state index is 13.9. The number of piperidine rings is 3. The Kier molecular flexibility index (Phi) is 8.64. The van der Waals surface area contributed by atoms with Crippen molar-refractivity contribution in [3.8, 4) is 17.3 Å². The van der Waals surface area contributed by atoms with Gasteiger partial charge in [0.1, 0.15) is 11.3 Å². The number of carbonyl (C=O) groups is 2. The maximum Gasteiger partial charge on any atom is 0.254 e. The Labute approximate surface area is 288 Å². The van der Waals surface area contributed by atoms with Crippen molar-refractivity contribution in [1.82, 2.24) is 23.9 Å². The van der Waals surface area contributed by atoms with E-state index in [4.69, 9.17) is 20.2 Å². The quantitative estimate of drug-likeness (QED) is 0.218. The van der Waals surface area contributed by atoms with E-state index >= 15 is 0 Å². The maximum atomic E-state index is 13.9. The lowest BCUT2D eigenvalue weighted by molar-refractivity contribution is -0.132. The summed E-state index contributed by atoms with van der Waals surface area (Å²) in [5.74, 6) is 3.25. The molecule has 260 valence electrons. The zero-order valence-electron chi connectivity index (χ0n) is 29.2. The van der Waals surface area contributed by atoms with Gasteiger partial charge in [0.15, 0.2) is 5.82 Å². The smallest absolute Gasteiger partial charge is 0.254 e. The Balaban J connectivity index is 1.14. The van der Waals surface area contributed by atoms with E-state index in [1.165, 1.54) is 29.3 Å². The number of amides is 2. The highest BCUT2D eigenvalue weighted by Gasteiger charge is 2.41. The summed E-state index contributed by atoms with van der Waals surface area (Å²) in [5.41, 5.74) is 12.4. The number of nitrogens with two attached hydrogens (primary N) is 1. The average molecular weight is 667 g/mol. The van der Waals surface area contributed by atoms with E-state index < -0.39 is 0 Å². The van der Waals surface area contributed by atoms with E-state index in [0.717, 1.165) is 87.3 Å². The van der Waals surface area contributed by atoms with Crippen LogP contribution in [0.3, 0.4) is 0 Å². The first-order valence-corrected chi connectivity index (χ1v) is 18.3. The Hall–Kier alpha value is -3.89. The van der Waals surface area contributed by atoms with Crippen LogP contribution in [0.4, 0.5) is 0 Å². The van der Waals surface area contributed by atoms with Crippen molar-refractivity contribution in [3.05, 3.63) is 47.5 Å². The van der Waals surface area contributed by atoms with E-state index in [9.17, 15) is 9.59 Å². The molecule has 2 saturated carbocycles. The monoisotopic (exact) mass is 666 g/mol. The van der Waals surface area contributed by atoms with E-state index in [2.05, 4.69) is 40.4 Å². The highest BCUT2D eigenvalue weighted by atomic mass is 16.5. The van der Waals surface area contributed by atoms with Gasteiger partial charge in [-0.2, -0.15) is 0 Å². The topological polar surface area (TPSA) is 108 Å². The molecule has 0 unspecified atom stereocenters. The Morgan fingerprint density at radius 2 is 1.82 bits per heavy atom. The third-order valence-electron chi connectivity index (χ3n) is 11.9. The van der Waals surface area contributed by atoms with Crippen LogP contribution in [0.5, 0.6) is 5.75 Å². The summed E-state index contributed by atoms with van der Waals surface area (Å²) >= 11 is 0. The number of likely N-dealkylation sites (tertiary alicyclic amines) is 1. The third-order valence-corrected chi connectivity index (χ3v) is 11.9. The lowest BCUT2D eigenvalue weighted by atomic mass is 9.76. The van der Waals surface area contributed by atoms with E-state index in [1.54, 1.807) is 14.2 Å². The molecule has 3 atom stereocenters. The van der Waals surface area contributed by atoms with Gasteiger partial charge in [0.05, 0.1) is 23.8 Å². The summed E-state index contributed by atoms with van der Waals surface area (Å²) in [6, 6.07) is 13.2. The molecular formula is C39H50N6O4. The molecule has 5 aliphatic rings. The predicted octanol–water partition coefficient (Wildman–Crippen LogP) is 5.70. The summed E-state index contributed by atoms with van der Waals surface area (Å²) < 4.78 is 15.7. The number of para-hydroxylation sites is 1. The van der Waals surface area contributed by atoms with E-state index in [1.807, 2.05) is 21.9 Å². The number of nitrogens with zero attached hydrogens (tertiary/aromatic N) is 5. The molecule has 3 saturated heterocycles. The number of ether oxygens (including phenoxy) is 2. The van der Waals surface area contributed by atoms with Crippen molar-refractivity contribution in [3.63, 3.8) is 0 Å². The van der Waals surface area contributed by atoms with Crippen LogP contribution in [0.2, 0.25) is 0 Å². The molecule has 2 aromatic carbocycles. The van der Waals surface area contributed by atoms with Gasteiger partial charge in [-0.25, -0.2) is 4.98 Å². The second kappa shape index (κ2) is 13.1. The highest BCUT2D eigenvalue weighted by molar-refractivity contribution is 6.00. The van der Waals surface area contributed by atoms with E-state index in [-0.39, 0.29) is 23.9 Å². The fourth-order valence-corrected chi connectivity index (χ4v) is 8.97. The molecule has 0 radical (unpaired) electrons. The van der Waals surface area contributed by atoms with Crippen LogP contribution in [-0.4, -0.2) is 88.3 Å². The zero-order valence-corrected chi connectivity index (χ0v) is 29.2. The fourth-order valence-electron chi connectivity index (χ4n) is 8.97. The molecule has 5 fully saturated rings. The standard InChI is InChI=1S/C39H50N6O4/c1-42-37-32(18-28(20-34(37)49-3)39(47)44-23-27-11-12-29(44)21-31(27)40)41-38(42)33-19-26-6-4-7-30(36(26)45(33)22-24-9-10-24)25-13-15-43(16-14-25)35(46)8-5-17-48-2/h4,6-7,18-20,24-25,27,29,31H,5,8-17,21-23,40H2,1-3H3/t27-,29-,31+/m1/s1. The van der Waals surface area contributed by atoms with Crippen molar-refractivity contribution < 1.29 is 19.1 Å². The summed E-state index contributed by atoms with van der Waals surface area (Å²) in [5, 5.41) is 1.22. The highest BCUT2D eigenvalue weighted by Crippen LogP contribution is 2.42. The molecule has 9 rings (SSSR count). The summed E-state index contributed by atoms with van der Waals surface area (Å²) in [7, 11) is 5.41. The van der Waals surface area contributed by atoms with Crippen LogP contribution >= 0.6 is 0 Å². The number of benzene rings is 2. The molecule has 10 nitrogen and oxygen atoms in total. The van der Waals surface area contributed by atoms with Crippen LogP contribution in [0.25, 0.3) is 33.5 Å². The Bertz CT molecular complexity index is 1880. The molecule has 2 amide bonds. The molecule has 2 bridgehead atoms. The second-order valence-electron chi connectivity index (χ2n) is 15.0. The van der Waals surface area contributed by atoms with Gasteiger partial charge >= 0.3 is 0 Å². The van der Waals surface area contributed by atoms with Crippen molar-refractivity contribution in [2.24, 2.45) is 24.6 Å². The molecule has 5 heterocycles. The Morgan fingerprint density at radius 1 is 1.00 bits per heavy atom. The Morgan fingerprint density at radius 3 is 2.51 bits per heavy atom. The zero-order chi connectivity index (χ0) is 33.8. The minimum absolute atomic E-state index is 0.0456. The first kappa shape index (κ1) is 32.3. The number of methoxy groups -OCH3 is 2. The van der Waals surface area contributed by atoms with Gasteiger partial charge in [-0.15, -0.1) is 0 Å². The van der Waals surface area contributed by atoms with Crippen molar-refractivity contribution >= 4 is 33.8 Å². The van der Waals surface area contributed by atoms with Gasteiger partial charge in [0.2, 0.25) is 5.91 Å². The number of hydrogen-bond acceptors (Lipinski definition) is 6. The molecule has 4 aromatic rings. The van der Waals surface area contributed by atoms with Crippen LogP contribution in [0, 0.1) is 11.8 Å². The number of hydrogen-bond donors (Lipinski definition) is 1. The van der Waals surface area contributed by atoms with Crippen LogP contribution in [-0.2, 0) is 23.1 Å². The number of rotatable bonds is 10. The van der Waals surface area contributed by atoms with E-state index in [0.29, 0.717) is 42.1 Å². The van der Waals surface area contributed by atoms with Gasteiger partial charge < -0.3 is 34.1 Å². The summed E-state index contributed by atoms with van der Waals surface area (Å²) in [4.78, 5) is 36.1. The SMILES string of the molecule is COCCCC(=O)N1CCC(c2cccc3cc(-c4nc5cc(C(=O)N6C[C@H]7CC[C@@H]6C[C@@H]7N)cc(OC)c5n4C)n(CC4CC4)c23)CC1. The fraction of sp³-hybridized carbons (Fsp3) is 0.564. The van der Waals surface area contributed by atoms with Gasteiger partial charge in [-0.3, -0.25) is 9.59 Å². The van der Waals surface area contributed by atoms with Crippen LogP contribution < -0.4 is 10.5 Å². The molecule has 2 aromatic heterocycles.